The lowest BCUT2D eigenvalue weighted by atomic mass is 9.98. The Morgan fingerprint density at radius 2 is 1.70 bits per heavy atom. The third-order valence-corrected chi connectivity index (χ3v) is 7.07. The molecule has 0 atom stereocenters. The van der Waals surface area contributed by atoms with E-state index in [1.54, 1.807) is 17.7 Å². The Morgan fingerprint density at radius 1 is 1.07 bits per heavy atom. The monoisotopic (exact) mass is 402 g/mol. The van der Waals surface area contributed by atoms with Crippen molar-refractivity contribution in [3.8, 4) is 11.1 Å². The van der Waals surface area contributed by atoms with Crippen LogP contribution in [-0.4, -0.2) is 36.5 Å². The van der Waals surface area contributed by atoms with Crippen LogP contribution in [0.2, 0.25) is 0 Å². The predicted molar refractivity (Wildman–Crippen MR) is 114 cm³/mol. The molecule has 2 aromatic rings. The summed E-state index contributed by atoms with van der Waals surface area (Å²) < 4.78 is 5.49. The van der Waals surface area contributed by atoms with Crippen molar-refractivity contribution in [1.29, 1.82) is 0 Å². The maximum atomic E-state index is 12.0. The Labute approximate surface area is 167 Å². The summed E-state index contributed by atoms with van der Waals surface area (Å²) in [6.45, 7) is 2.51. The van der Waals surface area contributed by atoms with Crippen molar-refractivity contribution in [2.45, 2.75) is 19.3 Å². The van der Waals surface area contributed by atoms with E-state index >= 15 is 0 Å². The number of hydrogen-bond donors (Lipinski definition) is 1. The lowest BCUT2D eigenvalue weighted by Crippen LogP contribution is -2.28. The number of ketones is 1. The Kier molecular flexibility index (Phi) is 7.24. The lowest BCUT2D eigenvalue weighted by Gasteiger charge is -2.14. The molecule has 142 valence electrons. The van der Waals surface area contributed by atoms with Crippen LogP contribution in [0.1, 0.15) is 30.4 Å². The lowest BCUT2D eigenvalue weighted by molar-refractivity contribution is -0.116. The molecule has 0 heterocycles. The molecule has 1 amide bonds. The number of hydrogen-bond acceptors (Lipinski definition) is 4. The summed E-state index contributed by atoms with van der Waals surface area (Å²) in [6.07, 6.45) is 0.242. The highest BCUT2D eigenvalue weighted by Gasteiger charge is 2.28. The van der Waals surface area contributed by atoms with Gasteiger partial charge in [-0.3, -0.25) is 4.79 Å². The maximum absolute atomic E-state index is 12.0. The van der Waals surface area contributed by atoms with Crippen LogP contribution in [0.4, 0.5) is 4.79 Å². The maximum Gasteiger partial charge on any atom is 0.407 e. The van der Waals surface area contributed by atoms with Crippen molar-refractivity contribution in [2.24, 2.45) is 0 Å². The number of thiol groups is 1. The van der Waals surface area contributed by atoms with Gasteiger partial charge in [0.05, 0.1) is 23.0 Å². The zero-order valence-electron chi connectivity index (χ0n) is 15.3. The van der Waals surface area contributed by atoms with Gasteiger partial charge in [-0.25, -0.2) is 4.79 Å². The number of ether oxygens (including phenoxy) is 1. The minimum atomic E-state index is -0.377. The summed E-state index contributed by atoms with van der Waals surface area (Å²) in [5.41, 5.74) is 4.88. The van der Waals surface area contributed by atoms with Crippen molar-refractivity contribution in [2.75, 3.05) is 24.7 Å². The number of nitrogens with one attached hydrogen (secondary N) is 1. The molecular formula is C21H24NO3S2+. The highest BCUT2D eigenvalue weighted by molar-refractivity contribution is 8.66. The van der Waals surface area contributed by atoms with E-state index in [0.717, 1.165) is 11.5 Å². The molecule has 0 aromatic heterocycles. The SMILES string of the molecule is CC(=O)CC[SH+]SCCNC(=O)OCC1c2ccccc2-c2ccccc21. The van der Waals surface area contributed by atoms with Gasteiger partial charge >= 0.3 is 6.09 Å². The third kappa shape index (κ3) is 5.30. The number of benzene rings is 2. The van der Waals surface area contributed by atoms with Crippen molar-refractivity contribution in [3.63, 3.8) is 0 Å². The molecule has 0 radical (unpaired) electrons. The molecule has 1 aliphatic carbocycles. The fraction of sp³-hybridized carbons (Fsp3) is 0.333. The molecule has 0 spiro atoms. The molecule has 1 N–H and O–H groups in total. The summed E-state index contributed by atoms with van der Waals surface area (Å²) in [5, 5.41) is 2.80. The first-order valence-corrected chi connectivity index (χ1v) is 11.7. The molecule has 6 heteroatoms. The van der Waals surface area contributed by atoms with E-state index in [1.807, 2.05) is 24.3 Å². The van der Waals surface area contributed by atoms with Gasteiger partial charge in [0.2, 0.25) is 0 Å². The van der Waals surface area contributed by atoms with Crippen molar-refractivity contribution >= 4 is 33.5 Å². The van der Waals surface area contributed by atoms with Gasteiger partial charge in [0.25, 0.3) is 0 Å². The van der Waals surface area contributed by atoms with Gasteiger partial charge in [0.15, 0.2) is 0 Å². The van der Waals surface area contributed by atoms with Crippen LogP contribution < -0.4 is 5.32 Å². The first kappa shape index (κ1) is 19.8. The van der Waals surface area contributed by atoms with Gasteiger partial charge in [0, 0.05) is 23.3 Å². The average molecular weight is 403 g/mol. The molecule has 3 rings (SSSR count). The van der Waals surface area contributed by atoms with Gasteiger partial charge in [-0.2, -0.15) is 0 Å². The van der Waals surface area contributed by atoms with Crippen LogP contribution in [0, 0.1) is 0 Å². The summed E-state index contributed by atoms with van der Waals surface area (Å²) in [5.74, 6) is 1.98. The van der Waals surface area contributed by atoms with Crippen LogP contribution in [0.25, 0.3) is 11.1 Å². The molecule has 4 nitrogen and oxygen atoms in total. The Bertz CT molecular complexity index is 764. The van der Waals surface area contributed by atoms with E-state index in [2.05, 4.69) is 29.6 Å². The second kappa shape index (κ2) is 9.85. The predicted octanol–water partition coefficient (Wildman–Crippen LogP) is 3.97. The normalized spacial score (nSPS) is 12.3. The fourth-order valence-electron chi connectivity index (χ4n) is 3.18. The first-order chi connectivity index (χ1) is 13.2. The first-order valence-electron chi connectivity index (χ1n) is 9.04. The van der Waals surface area contributed by atoms with Crippen molar-refractivity contribution < 1.29 is 14.3 Å². The third-order valence-electron chi connectivity index (χ3n) is 4.45. The van der Waals surface area contributed by atoms with Gasteiger partial charge in [-0.1, -0.05) is 48.5 Å². The average Bonchev–Trinajstić information content (AvgIpc) is 2.99. The number of carbonyl (C=O) groups excluding carboxylic acids is 2. The molecule has 0 saturated carbocycles. The Balaban J connectivity index is 1.44. The zero-order valence-corrected chi connectivity index (χ0v) is 17.0. The fourth-order valence-corrected chi connectivity index (χ4v) is 5.36. The number of carbonyl (C=O) groups is 2. The highest BCUT2D eigenvalue weighted by atomic mass is 33.1. The molecule has 0 bridgehead atoms. The number of rotatable bonds is 9. The van der Waals surface area contributed by atoms with Gasteiger partial charge in [-0.15, -0.1) is 0 Å². The summed E-state index contributed by atoms with van der Waals surface area (Å²) in [6, 6.07) is 16.6. The van der Waals surface area contributed by atoms with E-state index in [-0.39, 0.29) is 17.8 Å². The van der Waals surface area contributed by atoms with Crippen molar-refractivity contribution in [3.05, 3.63) is 59.7 Å². The second-order valence-corrected chi connectivity index (χ2v) is 9.31. The number of fused-ring (bicyclic) bond motifs is 3. The van der Waals surface area contributed by atoms with Gasteiger partial charge in [-0.05, 0) is 29.2 Å². The van der Waals surface area contributed by atoms with Crippen LogP contribution in [0.5, 0.6) is 0 Å². The number of Topliss-reactive ketones (excluding diaryl/α,β-unsaturated/α-hetero) is 1. The number of alkyl carbamates (subject to hydrolysis) is 1. The summed E-state index contributed by atoms with van der Waals surface area (Å²) >= 11 is 0. The van der Waals surface area contributed by atoms with E-state index in [1.165, 1.54) is 33.0 Å². The minimum Gasteiger partial charge on any atom is -0.449 e. The smallest absolute Gasteiger partial charge is 0.407 e. The quantitative estimate of drug-likeness (QED) is 0.298. The topological polar surface area (TPSA) is 55.4 Å². The molecule has 0 aliphatic heterocycles. The van der Waals surface area contributed by atoms with E-state index in [4.69, 9.17) is 4.74 Å². The molecule has 1 aliphatic rings. The van der Waals surface area contributed by atoms with Gasteiger partial charge in [0.1, 0.15) is 18.1 Å². The summed E-state index contributed by atoms with van der Waals surface area (Å²) in [4.78, 5) is 22.9. The second-order valence-electron chi connectivity index (χ2n) is 6.39. The van der Waals surface area contributed by atoms with Gasteiger partial charge < -0.3 is 10.1 Å². The standard InChI is InChI=1S/C21H23NO3S2/c1-15(23)10-12-26-27-13-11-22-21(24)25-14-20-18-8-4-2-6-16(18)17-7-3-5-9-19(17)20/h2-9,20H,10-14H2,1H3,(H,22,24)/p+1. The molecule has 0 saturated heterocycles. The minimum absolute atomic E-state index is 0.0858. The van der Waals surface area contributed by atoms with E-state index < -0.39 is 0 Å². The zero-order chi connectivity index (χ0) is 19.1. The Morgan fingerprint density at radius 3 is 2.33 bits per heavy atom. The van der Waals surface area contributed by atoms with Crippen LogP contribution >= 0.6 is 10.8 Å². The Hall–Kier alpha value is -1.92. The molecule has 0 unspecified atom stereocenters. The van der Waals surface area contributed by atoms with Crippen LogP contribution in [-0.2, 0) is 20.3 Å². The van der Waals surface area contributed by atoms with E-state index in [9.17, 15) is 9.59 Å². The van der Waals surface area contributed by atoms with E-state index in [0.29, 0.717) is 19.6 Å². The molecule has 27 heavy (non-hydrogen) atoms. The number of amides is 1. The van der Waals surface area contributed by atoms with Crippen LogP contribution in [0.3, 0.4) is 0 Å². The van der Waals surface area contributed by atoms with Crippen LogP contribution in [0.15, 0.2) is 48.5 Å². The molecule has 2 aromatic carbocycles. The van der Waals surface area contributed by atoms with Crippen molar-refractivity contribution in [1.82, 2.24) is 5.32 Å². The summed E-state index contributed by atoms with van der Waals surface area (Å²) in [7, 11) is 2.89. The molecular weight excluding hydrogens is 378 g/mol. The highest BCUT2D eigenvalue weighted by Crippen LogP contribution is 2.44. The molecule has 0 fully saturated rings. The largest absolute Gasteiger partial charge is 0.449 e.